The first-order valence-corrected chi connectivity index (χ1v) is 5.96. The molecule has 2 aromatic rings. The van der Waals surface area contributed by atoms with Crippen LogP contribution >= 0.6 is 0 Å². The number of furan rings is 1. The number of amides is 1. The van der Waals surface area contributed by atoms with Crippen LogP contribution in [0.3, 0.4) is 0 Å². The molecule has 104 valence electrons. The summed E-state index contributed by atoms with van der Waals surface area (Å²) in [5.41, 5.74) is 6.46. The molecule has 0 saturated heterocycles. The fourth-order valence-electron chi connectivity index (χ4n) is 1.80. The van der Waals surface area contributed by atoms with Crippen molar-refractivity contribution in [2.45, 2.75) is 13.5 Å². The number of anilines is 1. The van der Waals surface area contributed by atoms with E-state index in [9.17, 15) is 9.59 Å². The molecule has 0 bridgehead atoms. The molecule has 1 aromatic carbocycles. The number of hydrogen-bond donors (Lipinski definition) is 3. The van der Waals surface area contributed by atoms with Crippen molar-refractivity contribution in [3.8, 4) is 0 Å². The van der Waals surface area contributed by atoms with Gasteiger partial charge < -0.3 is 20.6 Å². The van der Waals surface area contributed by atoms with Gasteiger partial charge in [-0.25, -0.2) is 4.79 Å². The zero-order valence-electron chi connectivity index (χ0n) is 10.8. The van der Waals surface area contributed by atoms with Crippen molar-refractivity contribution in [2.75, 3.05) is 5.32 Å². The van der Waals surface area contributed by atoms with E-state index in [0.717, 1.165) is 0 Å². The van der Waals surface area contributed by atoms with Gasteiger partial charge in [-0.2, -0.15) is 0 Å². The van der Waals surface area contributed by atoms with E-state index in [4.69, 9.17) is 15.3 Å². The number of rotatable bonds is 4. The third-order valence-corrected chi connectivity index (χ3v) is 2.90. The molecule has 0 aliphatic rings. The molecule has 1 aromatic heterocycles. The molecule has 0 saturated carbocycles. The molecule has 1 heterocycles. The summed E-state index contributed by atoms with van der Waals surface area (Å²) in [6.45, 7) is 1.84. The Hall–Kier alpha value is -2.60. The summed E-state index contributed by atoms with van der Waals surface area (Å²) >= 11 is 0. The van der Waals surface area contributed by atoms with Gasteiger partial charge >= 0.3 is 5.97 Å². The topological polar surface area (TPSA) is 106 Å². The molecular weight excluding hydrogens is 260 g/mol. The molecular formula is C14H14N2O4. The summed E-state index contributed by atoms with van der Waals surface area (Å²) in [4.78, 5) is 23.0. The van der Waals surface area contributed by atoms with E-state index >= 15 is 0 Å². The smallest absolute Gasteiger partial charge is 0.336 e. The summed E-state index contributed by atoms with van der Waals surface area (Å²) in [5, 5.41) is 11.7. The molecule has 6 heteroatoms. The van der Waals surface area contributed by atoms with Gasteiger partial charge in [-0.15, -0.1) is 0 Å². The lowest BCUT2D eigenvalue weighted by molar-refractivity contribution is 0.0695. The standard InChI is InChI=1S/C14H14N2O4/c1-8-10(14(18)19)3-2-4-11(8)16-13(17)12-6-5-9(7-15)20-12/h2-6H,7,15H2,1H3,(H,16,17)(H,18,19). The molecule has 0 radical (unpaired) electrons. The molecule has 1 amide bonds. The average molecular weight is 274 g/mol. The summed E-state index contributed by atoms with van der Waals surface area (Å²) in [7, 11) is 0. The van der Waals surface area contributed by atoms with Gasteiger partial charge in [0.05, 0.1) is 12.1 Å². The zero-order chi connectivity index (χ0) is 14.7. The number of carbonyl (C=O) groups excluding carboxylic acids is 1. The molecule has 0 atom stereocenters. The Morgan fingerprint density at radius 2 is 2.05 bits per heavy atom. The predicted molar refractivity (Wildman–Crippen MR) is 72.7 cm³/mol. The predicted octanol–water partition coefficient (Wildman–Crippen LogP) is 2.00. The molecule has 0 fully saturated rings. The number of nitrogens with two attached hydrogens (primary N) is 1. The number of hydrogen-bond acceptors (Lipinski definition) is 4. The SMILES string of the molecule is Cc1c(NC(=O)c2ccc(CN)o2)cccc1C(=O)O. The van der Waals surface area contributed by atoms with Crippen LogP contribution in [0.5, 0.6) is 0 Å². The first-order chi connectivity index (χ1) is 9.52. The number of carboxylic acid groups (broad SMARTS) is 1. The van der Waals surface area contributed by atoms with Crippen LogP contribution in [0, 0.1) is 6.92 Å². The molecule has 20 heavy (non-hydrogen) atoms. The first-order valence-electron chi connectivity index (χ1n) is 5.96. The lowest BCUT2D eigenvalue weighted by Gasteiger charge is -2.09. The first kappa shape index (κ1) is 13.8. The van der Waals surface area contributed by atoms with Crippen molar-refractivity contribution in [1.29, 1.82) is 0 Å². The monoisotopic (exact) mass is 274 g/mol. The quantitative estimate of drug-likeness (QED) is 0.790. The van der Waals surface area contributed by atoms with Crippen molar-refractivity contribution in [3.63, 3.8) is 0 Å². The Labute approximate surface area is 115 Å². The van der Waals surface area contributed by atoms with Crippen LogP contribution in [-0.4, -0.2) is 17.0 Å². The van der Waals surface area contributed by atoms with Crippen LogP contribution in [0.15, 0.2) is 34.7 Å². The maximum atomic E-state index is 12.0. The summed E-state index contributed by atoms with van der Waals surface area (Å²) in [6, 6.07) is 7.82. The van der Waals surface area contributed by atoms with E-state index in [1.54, 1.807) is 25.1 Å². The summed E-state index contributed by atoms with van der Waals surface area (Å²) in [6.07, 6.45) is 0. The van der Waals surface area contributed by atoms with Crippen LogP contribution in [0.25, 0.3) is 0 Å². The molecule has 0 aliphatic heterocycles. The average Bonchev–Trinajstić information content (AvgIpc) is 2.89. The number of benzene rings is 1. The molecule has 0 aliphatic carbocycles. The third kappa shape index (κ3) is 2.70. The van der Waals surface area contributed by atoms with Crippen molar-refractivity contribution in [3.05, 3.63) is 53.0 Å². The normalized spacial score (nSPS) is 10.3. The van der Waals surface area contributed by atoms with Gasteiger partial charge in [0.2, 0.25) is 0 Å². The van der Waals surface area contributed by atoms with Gasteiger partial charge in [0, 0.05) is 5.69 Å². The Morgan fingerprint density at radius 1 is 1.30 bits per heavy atom. The van der Waals surface area contributed by atoms with Crippen LogP contribution < -0.4 is 11.1 Å². The Morgan fingerprint density at radius 3 is 2.65 bits per heavy atom. The van der Waals surface area contributed by atoms with Gasteiger partial charge in [0.25, 0.3) is 5.91 Å². The van der Waals surface area contributed by atoms with Crippen LogP contribution in [0.2, 0.25) is 0 Å². The van der Waals surface area contributed by atoms with Gasteiger partial charge in [0.15, 0.2) is 5.76 Å². The van der Waals surface area contributed by atoms with Gasteiger partial charge in [-0.3, -0.25) is 4.79 Å². The van der Waals surface area contributed by atoms with Crippen LogP contribution in [0.1, 0.15) is 32.2 Å². The molecule has 4 N–H and O–H groups in total. The molecule has 2 rings (SSSR count). The maximum absolute atomic E-state index is 12.0. The highest BCUT2D eigenvalue weighted by molar-refractivity contribution is 6.03. The van der Waals surface area contributed by atoms with Crippen molar-refractivity contribution in [2.24, 2.45) is 5.73 Å². The number of carbonyl (C=O) groups is 2. The molecule has 6 nitrogen and oxygen atoms in total. The van der Waals surface area contributed by atoms with E-state index in [2.05, 4.69) is 5.32 Å². The van der Waals surface area contributed by atoms with E-state index in [0.29, 0.717) is 17.0 Å². The Balaban J connectivity index is 2.24. The van der Waals surface area contributed by atoms with E-state index < -0.39 is 11.9 Å². The second-order valence-corrected chi connectivity index (χ2v) is 4.21. The minimum atomic E-state index is -1.04. The van der Waals surface area contributed by atoms with Crippen molar-refractivity contribution >= 4 is 17.6 Å². The largest absolute Gasteiger partial charge is 0.478 e. The highest BCUT2D eigenvalue weighted by Gasteiger charge is 2.15. The van der Waals surface area contributed by atoms with Gasteiger partial charge in [-0.05, 0) is 36.8 Å². The van der Waals surface area contributed by atoms with Gasteiger partial charge in [0.1, 0.15) is 5.76 Å². The highest BCUT2D eigenvalue weighted by Crippen LogP contribution is 2.20. The summed E-state index contributed by atoms with van der Waals surface area (Å²) in [5.74, 6) is -0.853. The zero-order valence-corrected chi connectivity index (χ0v) is 10.8. The molecule has 0 spiro atoms. The maximum Gasteiger partial charge on any atom is 0.336 e. The van der Waals surface area contributed by atoms with Gasteiger partial charge in [-0.1, -0.05) is 6.07 Å². The lowest BCUT2D eigenvalue weighted by atomic mass is 10.1. The minimum Gasteiger partial charge on any atom is -0.478 e. The van der Waals surface area contributed by atoms with Crippen LogP contribution in [-0.2, 0) is 6.54 Å². The third-order valence-electron chi connectivity index (χ3n) is 2.90. The van der Waals surface area contributed by atoms with Crippen LogP contribution in [0.4, 0.5) is 5.69 Å². The number of carboxylic acids is 1. The fraction of sp³-hybridized carbons (Fsp3) is 0.143. The van der Waals surface area contributed by atoms with E-state index in [-0.39, 0.29) is 17.9 Å². The van der Waals surface area contributed by atoms with E-state index in [1.165, 1.54) is 12.1 Å². The van der Waals surface area contributed by atoms with Crippen molar-refractivity contribution in [1.82, 2.24) is 0 Å². The van der Waals surface area contributed by atoms with E-state index in [1.807, 2.05) is 0 Å². The minimum absolute atomic E-state index is 0.130. The second kappa shape index (κ2) is 5.58. The van der Waals surface area contributed by atoms with Crippen molar-refractivity contribution < 1.29 is 19.1 Å². The molecule has 0 unspecified atom stereocenters. The summed E-state index contributed by atoms with van der Waals surface area (Å²) < 4.78 is 5.23. The Bertz CT molecular complexity index is 661. The highest BCUT2D eigenvalue weighted by atomic mass is 16.4. The Kier molecular flexibility index (Phi) is 3.86. The lowest BCUT2D eigenvalue weighted by Crippen LogP contribution is -2.13. The number of nitrogens with one attached hydrogen (secondary N) is 1. The fourth-order valence-corrected chi connectivity index (χ4v) is 1.80. The number of aromatic carboxylic acids is 1. The second-order valence-electron chi connectivity index (χ2n) is 4.21.